The fourth-order valence-corrected chi connectivity index (χ4v) is 4.51. The van der Waals surface area contributed by atoms with Gasteiger partial charge in [0.05, 0.1) is 6.10 Å². The Balaban J connectivity index is 1.63. The third-order valence-electron chi connectivity index (χ3n) is 2.69. The van der Waals surface area contributed by atoms with Crippen molar-refractivity contribution in [3.8, 4) is 0 Å². The fourth-order valence-electron chi connectivity index (χ4n) is 1.79. The van der Waals surface area contributed by atoms with E-state index in [9.17, 15) is 0 Å². The average Bonchev–Trinajstić information content (AvgIpc) is 3.00. The molecule has 1 saturated heterocycles. The van der Waals surface area contributed by atoms with Gasteiger partial charge >= 0.3 is 0 Å². The first-order valence-corrected chi connectivity index (χ1v) is 9.06. The zero-order chi connectivity index (χ0) is 12.8. The molecule has 0 bridgehead atoms. The van der Waals surface area contributed by atoms with E-state index in [4.69, 9.17) is 4.74 Å². The van der Waals surface area contributed by atoms with E-state index in [1.165, 1.54) is 12.8 Å². The highest BCUT2D eigenvalue weighted by Gasteiger charge is 2.15. The van der Waals surface area contributed by atoms with E-state index in [1.807, 2.05) is 6.26 Å². The molecule has 1 aliphatic rings. The van der Waals surface area contributed by atoms with Gasteiger partial charge in [-0.2, -0.15) is 0 Å². The Morgan fingerprint density at radius 2 is 2.33 bits per heavy atom. The molecule has 0 spiro atoms. The molecule has 7 heteroatoms. The van der Waals surface area contributed by atoms with Gasteiger partial charge in [-0.05, 0) is 19.1 Å². The van der Waals surface area contributed by atoms with Crippen molar-refractivity contribution in [3.05, 3.63) is 0 Å². The van der Waals surface area contributed by atoms with Gasteiger partial charge in [0.1, 0.15) is 0 Å². The summed E-state index contributed by atoms with van der Waals surface area (Å²) in [4.78, 5) is 0. The Hall–Kier alpha value is 0.180. The quantitative estimate of drug-likeness (QED) is 0.781. The molecule has 2 unspecified atom stereocenters. The van der Waals surface area contributed by atoms with Crippen molar-refractivity contribution in [2.75, 3.05) is 26.0 Å². The number of nitrogens with one attached hydrogen (secondary N) is 1. The predicted octanol–water partition coefficient (Wildman–Crippen LogP) is 2.51. The van der Waals surface area contributed by atoms with Crippen LogP contribution in [0.3, 0.4) is 0 Å². The van der Waals surface area contributed by atoms with Gasteiger partial charge in [-0.25, -0.2) is 0 Å². The van der Waals surface area contributed by atoms with Crippen LogP contribution in [0.4, 0.5) is 0 Å². The van der Waals surface area contributed by atoms with Gasteiger partial charge in [-0.1, -0.05) is 41.8 Å². The molecule has 18 heavy (non-hydrogen) atoms. The molecule has 0 aliphatic carbocycles. The van der Waals surface area contributed by atoms with Crippen molar-refractivity contribution in [2.45, 2.75) is 39.8 Å². The summed E-state index contributed by atoms with van der Waals surface area (Å²) >= 11 is 5.11. The molecular formula is C11H19N3OS3. The van der Waals surface area contributed by atoms with Crippen LogP contribution in [0.2, 0.25) is 0 Å². The summed E-state index contributed by atoms with van der Waals surface area (Å²) in [6.45, 7) is 5.10. The Morgan fingerprint density at radius 1 is 1.50 bits per heavy atom. The maximum absolute atomic E-state index is 5.58. The summed E-state index contributed by atoms with van der Waals surface area (Å²) in [6.07, 6.45) is 4.86. The van der Waals surface area contributed by atoms with Crippen molar-refractivity contribution in [1.82, 2.24) is 15.5 Å². The number of nitrogens with zero attached hydrogens (tertiary/aromatic N) is 2. The van der Waals surface area contributed by atoms with Crippen LogP contribution < -0.4 is 5.32 Å². The third-order valence-corrected chi connectivity index (χ3v) is 5.78. The first-order chi connectivity index (χ1) is 8.78. The molecule has 1 aromatic rings. The van der Waals surface area contributed by atoms with Crippen LogP contribution in [-0.4, -0.2) is 47.5 Å². The van der Waals surface area contributed by atoms with E-state index in [0.29, 0.717) is 11.4 Å². The molecule has 0 radical (unpaired) electrons. The summed E-state index contributed by atoms with van der Waals surface area (Å²) in [6, 6.07) is 0. The topological polar surface area (TPSA) is 47.0 Å². The van der Waals surface area contributed by atoms with Crippen LogP contribution >= 0.6 is 34.9 Å². The summed E-state index contributed by atoms with van der Waals surface area (Å²) in [5, 5.41) is 12.3. The summed E-state index contributed by atoms with van der Waals surface area (Å²) in [5.74, 6) is 0. The Labute approximate surface area is 121 Å². The molecule has 2 rings (SSSR count). The number of rotatable bonds is 7. The molecule has 1 aromatic heterocycles. The highest BCUT2D eigenvalue weighted by Crippen LogP contribution is 2.29. The van der Waals surface area contributed by atoms with Gasteiger partial charge < -0.3 is 10.1 Å². The summed E-state index contributed by atoms with van der Waals surface area (Å²) in [7, 11) is 0. The van der Waals surface area contributed by atoms with E-state index in [0.717, 1.165) is 28.4 Å². The van der Waals surface area contributed by atoms with Crippen LogP contribution in [0, 0.1) is 0 Å². The van der Waals surface area contributed by atoms with Crippen LogP contribution in [0.5, 0.6) is 0 Å². The van der Waals surface area contributed by atoms with Crippen LogP contribution in [0.1, 0.15) is 19.8 Å². The van der Waals surface area contributed by atoms with E-state index in [2.05, 4.69) is 22.4 Å². The van der Waals surface area contributed by atoms with Gasteiger partial charge in [0.15, 0.2) is 8.68 Å². The van der Waals surface area contributed by atoms with Crippen molar-refractivity contribution >= 4 is 34.9 Å². The normalized spacial score (nSPS) is 21.3. The molecule has 1 fully saturated rings. The minimum atomic E-state index is 0.423. The van der Waals surface area contributed by atoms with E-state index < -0.39 is 0 Å². The van der Waals surface area contributed by atoms with Gasteiger partial charge in [0, 0.05) is 24.9 Å². The summed E-state index contributed by atoms with van der Waals surface area (Å²) < 4.78 is 7.68. The van der Waals surface area contributed by atoms with E-state index in [1.54, 1.807) is 34.9 Å². The molecule has 0 amide bonds. The van der Waals surface area contributed by atoms with Gasteiger partial charge in [0.2, 0.25) is 0 Å². The molecule has 2 heterocycles. The molecule has 1 N–H and O–H groups in total. The van der Waals surface area contributed by atoms with E-state index >= 15 is 0 Å². The maximum Gasteiger partial charge on any atom is 0.175 e. The molecule has 1 aliphatic heterocycles. The second kappa shape index (κ2) is 7.69. The van der Waals surface area contributed by atoms with Crippen LogP contribution in [0.25, 0.3) is 0 Å². The highest BCUT2D eigenvalue weighted by atomic mass is 32.2. The molecule has 4 nitrogen and oxygen atoms in total. The molecule has 2 atom stereocenters. The van der Waals surface area contributed by atoms with E-state index in [-0.39, 0.29) is 0 Å². The smallest absolute Gasteiger partial charge is 0.175 e. The first kappa shape index (κ1) is 14.6. The lowest BCUT2D eigenvalue weighted by molar-refractivity contribution is 0.110. The van der Waals surface area contributed by atoms with Crippen molar-refractivity contribution in [3.63, 3.8) is 0 Å². The summed E-state index contributed by atoms with van der Waals surface area (Å²) in [5.41, 5.74) is 0. The molecule has 0 aromatic carbocycles. The zero-order valence-electron chi connectivity index (χ0n) is 10.7. The molecular weight excluding hydrogens is 286 g/mol. The predicted molar refractivity (Wildman–Crippen MR) is 78.9 cm³/mol. The lowest BCUT2D eigenvalue weighted by Gasteiger charge is -2.13. The van der Waals surface area contributed by atoms with Gasteiger partial charge in [-0.15, -0.1) is 10.2 Å². The van der Waals surface area contributed by atoms with Gasteiger partial charge in [0.25, 0.3) is 0 Å². The Morgan fingerprint density at radius 3 is 3.00 bits per heavy atom. The average molecular weight is 305 g/mol. The first-order valence-electron chi connectivity index (χ1n) is 6.14. The monoisotopic (exact) mass is 305 g/mol. The van der Waals surface area contributed by atoms with Crippen LogP contribution in [-0.2, 0) is 4.74 Å². The number of aromatic nitrogens is 2. The second-order valence-electron chi connectivity index (χ2n) is 4.26. The maximum atomic E-state index is 5.58. The van der Waals surface area contributed by atoms with Crippen molar-refractivity contribution in [2.24, 2.45) is 0 Å². The molecule has 102 valence electrons. The minimum absolute atomic E-state index is 0.423. The number of hydrogen-bond donors (Lipinski definition) is 1. The Bertz CT molecular complexity index is 355. The lowest BCUT2D eigenvalue weighted by atomic mass is 10.2. The highest BCUT2D eigenvalue weighted by molar-refractivity contribution is 8.03. The van der Waals surface area contributed by atoms with Crippen molar-refractivity contribution < 1.29 is 4.74 Å². The van der Waals surface area contributed by atoms with Crippen molar-refractivity contribution in [1.29, 1.82) is 0 Å². The lowest BCUT2D eigenvalue weighted by Crippen LogP contribution is -2.30. The minimum Gasteiger partial charge on any atom is -0.377 e. The fraction of sp³-hybridized carbons (Fsp3) is 0.818. The Kier molecular flexibility index (Phi) is 6.23. The largest absolute Gasteiger partial charge is 0.377 e. The standard InChI is InChI=1S/C11H19N3OS3/c1-8(6-12-7-9-4-3-5-15-9)17-11-14-13-10(16-2)18-11/h8-9,12H,3-7H2,1-2H3. The third kappa shape index (κ3) is 4.70. The number of thioether (sulfide) groups is 2. The molecule has 0 saturated carbocycles. The van der Waals surface area contributed by atoms with Gasteiger partial charge in [-0.3, -0.25) is 0 Å². The number of hydrogen-bond acceptors (Lipinski definition) is 7. The SMILES string of the molecule is CSc1nnc(SC(C)CNCC2CCCO2)s1. The zero-order valence-corrected chi connectivity index (χ0v) is 13.2. The number of ether oxygens (including phenoxy) is 1. The second-order valence-corrected chi connectivity index (χ2v) is 7.98. The van der Waals surface area contributed by atoms with Crippen LogP contribution in [0.15, 0.2) is 8.68 Å².